The summed E-state index contributed by atoms with van der Waals surface area (Å²) in [6.45, 7) is 0. The van der Waals surface area contributed by atoms with Crippen molar-refractivity contribution in [1.82, 2.24) is 10.3 Å². The molecule has 0 saturated heterocycles. The fourth-order valence-electron chi connectivity index (χ4n) is 3.14. The van der Waals surface area contributed by atoms with E-state index < -0.39 is 28.3 Å². The van der Waals surface area contributed by atoms with E-state index in [1.807, 2.05) is 0 Å². The third-order valence-corrected chi connectivity index (χ3v) is 4.40. The summed E-state index contributed by atoms with van der Waals surface area (Å²) < 4.78 is 0. The van der Waals surface area contributed by atoms with Crippen molar-refractivity contribution in [2.75, 3.05) is 0 Å². The molecule has 1 fully saturated rings. The summed E-state index contributed by atoms with van der Waals surface area (Å²) in [5, 5.41) is 23.0. The predicted octanol–water partition coefficient (Wildman–Crippen LogP) is 1.42. The number of H-pyrrole nitrogens is 1. The van der Waals surface area contributed by atoms with E-state index in [4.69, 9.17) is 5.11 Å². The van der Waals surface area contributed by atoms with Crippen molar-refractivity contribution in [3.8, 4) is 0 Å². The van der Waals surface area contributed by atoms with Crippen LogP contribution in [0.1, 0.15) is 29.6 Å². The Bertz CT molecular complexity index is 935. The molecule has 1 amide bonds. The zero-order chi connectivity index (χ0) is 18.1. The lowest BCUT2D eigenvalue weighted by molar-refractivity contribution is -0.384. The summed E-state index contributed by atoms with van der Waals surface area (Å²) in [5.74, 6) is -1.94. The molecule has 130 valence electrons. The van der Waals surface area contributed by atoms with E-state index in [2.05, 4.69) is 10.3 Å². The average molecular weight is 345 g/mol. The van der Waals surface area contributed by atoms with Gasteiger partial charge in [0.15, 0.2) is 0 Å². The number of amides is 1. The molecule has 1 aliphatic carbocycles. The zero-order valence-corrected chi connectivity index (χ0v) is 13.0. The third-order valence-electron chi connectivity index (χ3n) is 4.40. The van der Waals surface area contributed by atoms with Gasteiger partial charge in [-0.2, -0.15) is 0 Å². The maximum Gasteiger partial charge on any atom is 0.306 e. The molecular weight excluding hydrogens is 330 g/mol. The highest BCUT2D eigenvalue weighted by Crippen LogP contribution is 2.27. The van der Waals surface area contributed by atoms with Crippen molar-refractivity contribution in [2.24, 2.45) is 5.92 Å². The number of aromatic amines is 1. The number of aliphatic carboxylic acids is 1. The summed E-state index contributed by atoms with van der Waals surface area (Å²) in [4.78, 5) is 48.2. The number of hydrogen-bond acceptors (Lipinski definition) is 5. The number of carboxylic acid groups (broad SMARTS) is 1. The lowest BCUT2D eigenvalue weighted by Gasteiger charge is -2.13. The second-order valence-electron chi connectivity index (χ2n) is 6.05. The number of nitrogens with one attached hydrogen (secondary N) is 2. The number of non-ortho nitro benzene ring substituents is 1. The maximum absolute atomic E-state index is 12.5. The lowest BCUT2D eigenvalue weighted by atomic mass is 10.1. The van der Waals surface area contributed by atoms with E-state index in [0.717, 1.165) is 6.07 Å². The molecule has 9 heteroatoms. The van der Waals surface area contributed by atoms with E-state index in [1.165, 1.54) is 18.2 Å². The monoisotopic (exact) mass is 345 g/mol. The Hall–Kier alpha value is -3.23. The van der Waals surface area contributed by atoms with Gasteiger partial charge in [-0.05, 0) is 25.3 Å². The zero-order valence-electron chi connectivity index (χ0n) is 13.0. The summed E-state index contributed by atoms with van der Waals surface area (Å²) >= 11 is 0. The summed E-state index contributed by atoms with van der Waals surface area (Å²) in [5.41, 5.74) is -0.346. The van der Waals surface area contributed by atoms with Crippen LogP contribution in [0.5, 0.6) is 0 Å². The lowest BCUT2D eigenvalue weighted by Crippen LogP contribution is -2.34. The molecule has 9 nitrogen and oxygen atoms in total. The molecule has 1 aromatic heterocycles. The van der Waals surface area contributed by atoms with Gasteiger partial charge in [0.2, 0.25) is 5.56 Å². The highest BCUT2D eigenvalue weighted by Gasteiger charge is 2.31. The van der Waals surface area contributed by atoms with Gasteiger partial charge in [0.05, 0.1) is 16.4 Å². The first-order valence-electron chi connectivity index (χ1n) is 7.70. The van der Waals surface area contributed by atoms with Crippen LogP contribution in [0.3, 0.4) is 0 Å². The molecule has 1 aromatic carbocycles. The first-order valence-corrected chi connectivity index (χ1v) is 7.70. The molecule has 25 heavy (non-hydrogen) atoms. The van der Waals surface area contributed by atoms with Crippen molar-refractivity contribution < 1.29 is 19.6 Å². The Morgan fingerprint density at radius 2 is 2.04 bits per heavy atom. The van der Waals surface area contributed by atoms with Gasteiger partial charge in [0.25, 0.3) is 11.6 Å². The second kappa shape index (κ2) is 6.34. The maximum atomic E-state index is 12.5. The standard InChI is InChI=1S/C16H15N3O6/c20-14-7-12(11-6-10(19(24)25)3-4-13(11)18-14)15(21)17-9-2-1-8(5-9)16(22)23/h3-4,6-9H,1-2,5H2,(H,17,21)(H,18,20)(H,22,23)/t8-,9+/m0/s1. The topological polar surface area (TPSA) is 142 Å². The van der Waals surface area contributed by atoms with Crippen LogP contribution in [-0.4, -0.2) is 32.9 Å². The molecule has 1 aliphatic rings. The first kappa shape index (κ1) is 16.6. The van der Waals surface area contributed by atoms with Gasteiger partial charge in [-0.1, -0.05) is 0 Å². The van der Waals surface area contributed by atoms with Crippen LogP contribution in [0.25, 0.3) is 10.9 Å². The van der Waals surface area contributed by atoms with Crippen LogP contribution in [0.2, 0.25) is 0 Å². The van der Waals surface area contributed by atoms with Crippen molar-refractivity contribution in [1.29, 1.82) is 0 Å². The highest BCUT2D eigenvalue weighted by molar-refractivity contribution is 6.06. The molecule has 2 atom stereocenters. The number of carbonyl (C=O) groups is 2. The molecule has 0 spiro atoms. The quantitative estimate of drug-likeness (QED) is 0.565. The Morgan fingerprint density at radius 3 is 2.68 bits per heavy atom. The van der Waals surface area contributed by atoms with Gasteiger partial charge < -0.3 is 15.4 Å². The van der Waals surface area contributed by atoms with Gasteiger partial charge in [-0.3, -0.25) is 24.5 Å². The van der Waals surface area contributed by atoms with E-state index in [9.17, 15) is 24.5 Å². The number of rotatable bonds is 4. The van der Waals surface area contributed by atoms with Gasteiger partial charge in [0, 0.05) is 35.1 Å². The Kier molecular flexibility index (Phi) is 4.22. The van der Waals surface area contributed by atoms with Crippen LogP contribution < -0.4 is 10.9 Å². The van der Waals surface area contributed by atoms with Crippen molar-refractivity contribution in [3.63, 3.8) is 0 Å². The van der Waals surface area contributed by atoms with Crippen molar-refractivity contribution in [2.45, 2.75) is 25.3 Å². The number of fused-ring (bicyclic) bond motifs is 1. The van der Waals surface area contributed by atoms with Crippen LogP contribution in [-0.2, 0) is 4.79 Å². The molecule has 0 aliphatic heterocycles. The number of aromatic nitrogens is 1. The third kappa shape index (κ3) is 3.35. The summed E-state index contributed by atoms with van der Waals surface area (Å²) in [6, 6.07) is 4.64. The van der Waals surface area contributed by atoms with Crippen LogP contribution in [0, 0.1) is 16.0 Å². The number of benzene rings is 1. The number of carbonyl (C=O) groups excluding carboxylic acids is 1. The minimum Gasteiger partial charge on any atom is -0.481 e. The molecule has 2 aromatic rings. The SMILES string of the molecule is O=C(N[C@@H]1CC[C@H](C(=O)O)C1)c1cc(=O)[nH]c2ccc([N+](=O)[O-])cc12. The number of nitrogens with zero attached hydrogens (tertiary/aromatic N) is 1. The molecule has 3 rings (SSSR count). The minimum absolute atomic E-state index is 0.0289. The minimum atomic E-state index is -0.894. The molecule has 3 N–H and O–H groups in total. The fraction of sp³-hybridized carbons (Fsp3) is 0.312. The molecule has 1 heterocycles. The van der Waals surface area contributed by atoms with E-state index >= 15 is 0 Å². The van der Waals surface area contributed by atoms with Crippen LogP contribution in [0.4, 0.5) is 5.69 Å². The van der Waals surface area contributed by atoms with E-state index in [1.54, 1.807) is 0 Å². The largest absolute Gasteiger partial charge is 0.481 e. The van der Waals surface area contributed by atoms with Gasteiger partial charge in [-0.15, -0.1) is 0 Å². The Balaban J connectivity index is 1.92. The number of hydrogen-bond donors (Lipinski definition) is 3. The van der Waals surface area contributed by atoms with Crippen LogP contribution in [0.15, 0.2) is 29.1 Å². The van der Waals surface area contributed by atoms with Crippen molar-refractivity contribution in [3.05, 3.63) is 50.3 Å². The highest BCUT2D eigenvalue weighted by atomic mass is 16.6. The Morgan fingerprint density at radius 1 is 1.28 bits per heavy atom. The molecule has 0 bridgehead atoms. The second-order valence-corrected chi connectivity index (χ2v) is 6.05. The number of nitro groups is 1. The molecule has 0 unspecified atom stereocenters. The van der Waals surface area contributed by atoms with E-state index in [-0.39, 0.29) is 22.7 Å². The normalized spacial score (nSPS) is 19.7. The molecular formula is C16H15N3O6. The van der Waals surface area contributed by atoms with Crippen LogP contribution >= 0.6 is 0 Å². The predicted molar refractivity (Wildman–Crippen MR) is 87.5 cm³/mol. The number of nitro benzene ring substituents is 1. The van der Waals surface area contributed by atoms with Gasteiger partial charge in [-0.25, -0.2) is 0 Å². The number of pyridine rings is 1. The first-order chi connectivity index (χ1) is 11.8. The van der Waals surface area contributed by atoms with Crippen molar-refractivity contribution >= 4 is 28.5 Å². The smallest absolute Gasteiger partial charge is 0.306 e. The fourth-order valence-corrected chi connectivity index (χ4v) is 3.14. The van der Waals surface area contributed by atoms with Gasteiger partial charge in [0.1, 0.15) is 0 Å². The summed E-state index contributed by atoms with van der Waals surface area (Å²) in [6.07, 6.45) is 1.33. The average Bonchev–Trinajstić information content (AvgIpc) is 3.02. The summed E-state index contributed by atoms with van der Waals surface area (Å²) in [7, 11) is 0. The van der Waals surface area contributed by atoms with E-state index in [0.29, 0.717) is 24.8 Å². The number of carboxylic acids is 1. The Labute approximate surface area is 140 Å². The van der Waals surface area contributed by atoms with Gasteiger partial charge >= 0.3 is 5.97 Å². The molecule has 0 radical (unpaired) electrons. The molecule has 1 saturated carbocycles.